The van der Waals surface area contributed by atoms with E-state index < -0.39 is 0 Å². The normalized spacial score (nSPS) is 22.4. The minimum Gasteiger partial charge on any atom is -0.346 e. The number of nitrogens with one attached hydrogen (secondary N) is 1. The Labute approximate surface area is 177 Å². The lowest BCUT2D eigenvalue weighted by molar-refractivity contribution is 0.0912. The maximum absolute atomic E-state index is 13.0. The van der Waals surface area contributed by atoms with Crippen molar-refractivity contribution in [1.29, 1.82) is 0 Å². The smallest absolute Gasteiger partial charge is 0.291 e. The molecule has 30 heavy (non-hydrogen) atoms. The van der Waals surface area contributed by atoms with E-state index in [9.17, 15) is 4.79 Å². The van der Waals surface area contributed by atoms with E-state index in [0.29, 0.717) is 5.92 Å². The van der Waals surface area contributed by atoms with E-state index in [4.69, 9.17) is 0 Å². The van der Waals surface area contributed by atoms with E-state index in [0.717, 1.165) is 42.3 Å². The van der Waals surface area contributed by atoms with Crippen molar-refractivity contribution in [3.8, 4) is 5.69 Å². The summed E-state index contributed by atoms with van der Waals surface area (Å²) in [4.78, 5) is 17.7. The van der Waals surface area contributed by atoms with Crippen molar-refractivity contribution in [2.45, 2.75) is 51.5 Å². The van der Waals surface area contributed by atoms with Gasteiger partial charge in [0.2, 0.25) is 5.82 Å². The highest BCUT2D eigenvalue weighted by Crippen LogP contribution is 2.44. The molecule has 5 rings (SSSR count). The van der Waals surface area contributed by atoms with Gasteiger partial charge in [0, 0.05) is 12.5 Å². The Morgan fingerprint density at radius 2 is 1.83 bits per heavy atom. The second-order valence-electron chi connectivity index (χ2n) is 8.79. The molecule has 1 N–H and O–H groups in total. The van der Waals surface area contributed by atoms with Crippen molar-refractivity contribution in [2.75, 3.05) is 0 Å². The third-order valence-corrected chi connectivity index (χ3v) is 6.76. The fourth-order valence-electron chi connectivity index (χ4n) is 5.15. The van der Waals surface area contributed by atoms with Crippen LogP contribution < -0.4 is 5.32 Å². The van der Waals surface area contributed by atoms with Crippen LogP contribution >= 0.6 is 0 Å². The number of carbonyl (C=O) groups is 1. The van der Waals surface area contributed by atoms with Gasteiger partial charge in [-0.2, -0.15) is 0 Å². The molecule has 2 aliphatic rings. The van der Waals surface area contributed by atoms with Crippen LogP contribution in [0.4, 0.5) is 0 Å². The molecular weight excluding hydrogens is 372 g/mol. The molecule has 1 amide bonds. The van der Waals surface area contributed by atoms with Crippen LogP contribution in [0.25, 0.3) is 5.69 Å². The first-order valence-corrected chi connectivity index (χ1v) is 11.0. The van der Waals surface area contributed by atoms with E-state index in [1.54, 1.807) is 0 Å². The number of aromatic nitrogens is 3. The lowest BCUT2D eigenvalue weighted by Crippen LogP contribution is -2.39. The maximum Gasteiger partial charge on any atom is 0.291 e. The molecule has 0 aliphatic heterocycles. The number of benzene rings is 2. The molecule has 3 aromatic rings. The van der Waals surface area contributed by atoms with Crippen LogP contribution in [0.2, 0.25) is 0 Å². The van der Waals surface area contributed by atoms with Crippen LogP contribution in [0.1, 0.15) is 53.3 Å². The summed E-state index contributed by atoms with van der Waals surface area (Å²) in [7, 11) is 0. The Morgan fingerprint density at radius 1 is 1.03 bits per heavy atom. The number of rotatable bonds is 6. The highest BCUT2D eigenvalue weighted by Gasteiger charge is 2.40. The van der Waals surface area contributed by atoms with E-state index in [1.165, 1.54) is 24.8 Å². The first kappa shape index (κ1) is 19.0. The Bertz CT molecular complexity index is 1040. The molecule has 5 nitrogen and oxygen atoms in total. The second-order valence-corrected chi connectivity index (χ2v) is 8.79. The largest absolute Gasteiger partial charge is 0.346 e. The summed E-state index contributed by atoms with van der Waals surface area (Å²) >= 11 is 0. The highest BCUT2D eigenvalue weighted by molar-refractivity contribution is 5.90. The van der Waals surface area contributed by atoms with Crippen molar-refractivity contribution < 1.29 is 4.79 Å². The van der Waals surface area contributed by atoms with Gasteiger partial charge in [0.15, 0.2) is 0 Å². The molecular formula is C25H28N4O. The molecule has 1 heterocycles. The van der Waals surface area contributed by atoms with Crippen molar-refractivity contribution in [3.05, 3.63) is 77.4 Å². The van der Waals surface area contributed by atoms with Crippen LogP contribution in [0.3, 0.4) is 0 Å². The minimum absolute atomic E-state index is 0.138. The van der Waals surface area contributed by atoms with Crippen molar-refractivity contribution >= 4 is 5.91 Å². The van der Waals surface area contributed by atoms with E-state index in [-0.39, 0.29) is 17.8 Å². The summed E-state index contributed by atoms with van der Waals surface area (Å²) in [5, 5.41) is 7.88. The monoisotopic (exact) mass is 400 g/mol. The highest BCUT2D eigenvalue weighted by atomic mass is 16.2. The molecule has 3 atom stereocenters. The Balaban J connectivity index is 1.40. The van der Waals surface area contributed by atoms with E-state index in [1.807, 2.05) is 28.9 Å². The number of para-hydroxylation sites is 1. The fourth-order valence-corrected chi connectivity index (χ4v) is 5.15. The average molecular weight is 401 g/mol. The van der Waals surface area contributed by atoms with Gasteiger partial charge in [-0.3, -0.25) is 4.79 Å². The maximum atomic E-state index is 13.0. The number of carbonyl (C=O) groups excluding carboxylic acids is 1. The molecule has 5 heteroatoms. The van der Waals surface area contributed by atoms with Crippen molar-refractivity contribution in [3.63, 3.8) is 0 Å². The number of fused-ring (bicyclic) bond motifs is 2. The summed E-state index contributed by atoms with van der Waals surface area (Å²) in [5.41, 5.74) is 3.35. The number of amides is 1. The zero-order chi connectivity index (χ0) is 20.5. The Morgan fingerprint density at radius 3 is 2.57 bits per heavy atom. The van der Waals surface area contributed by atoms with E-state index >= 15 is 0 Å². The van der Waals surface area contributed by atoms with Gasteiger partial charge in [0.1, 0.15) is 5.82 Å². The Hall–Kier alpha value is -2.95. The predicted molar refractivity (Wildman–Crippen MR) is 117 cm³/mol. The predicted octanol–water partition coefficient (Wildman–Crippen LogP) is 4.28. The van der Waals surface area contributed by atoms with Crippen LogP contribution in [0, 0.1) is 18.8 Å². The van der Waals surface area contributed by atoms with Crippen molar-refractivity contribution in [1.82, 2.24) is 20.1 Å². The van der Waals surface area contributed by atoms with Gasteiger partial charge in [-0.05, 0) is 61.6 Å². The van der Waals surface area contributed by atoms with E-state index in [2.05, 4.69) is 52.7 Å². The summed E-state index contributed by atoms with van der Waals surface area (Å²) in [6.07, 6.45) is 6.52. The van der Waals surface area contributed by atoms with Gasteiger partial charge in [-0.15, -0.1) is 5.10 Å². The topological polar surface area (TPSA) is 59.8 Å². The molecule has 0 spiro atoms. The zero-order valence-corrected chi connectivity index (χ0v) is 17.4. The number of aryl methyl sites for hydroxylation is 3. The number of nitrogens with zero attached hydrogens (tertiary/aromatic N) is 3. The molecule has 2 saturated carbocycles. The van der Waals surface area contributed by atoms with Crippen LogP contribution in [-0.4, -0.2) is 26.7 Å². The van der Waals surface area contributed by atoms with Gasteiger partial charge in [-0.25, -0.2) is 9.67 Å². The number of hydrogen-bond donors (Lipinski definition) is 1. The molecule has 0 saturated heterocycles. The van der Waals surface area contributed by atoms with Crippen LogP contribution in [0.5, 0.6) is 0 Å². The molecule has 2 fully saturated rings. The lowest BCUT2D eigenvalue weighted by atomic mass is 9.95. The standard InChI is InChI=1S/C25H28N4O/c1-17-7-5-6-10-22(17)29-23(14-12-18-8-3-2-4-9-18)27-24(28-29)25(30)26-21-16-19-11-13-20(21)15-19/h2-10,19-21H,11-16H2,1H3,(H,26,30)/t19-,20-,21-/m0/s1. The second kappa shape index (κ2) is 8.05. The fraction of sp³-hybridized carbons (Fsp3) is 0.400. The first-order chi connectivity index (χ1) is 14.7. The van der Waals surface area contributed by atoms with Gasteiger partial charge in [0.25, 0.3) is 5.91 Å². The quantitative estimate of drug-likeness (QED) is 0.672. The third-order valence-electron chi connectivity index (χ3n) is 6.76. The first-order valence-electron chi connectivity index (χ1n) is 11.0. The van der Waals surface area contributed by atoms with Gasteiger partial charge >= 0.3 is 0 Å². The zero-order valence-electron chi connectivity index (χ0n) is 17.4. The van der Waals surface area contributed by atoms with Gasteiger partial charge < -0.3 is 5.32 Å². The number of hydrogen-bond acceptors (Lipinski definition) is 3. The third kappa shape index (κ3) is 3.76. The molecule has 154 valence electrons. The molecule has 0 unspecified atom stereocenters. The van der Waals surface area contributed by atoms with Crippen LogP contribution in [0.15, 0.2) is 54.6 Å². The molecule has 0 radical (unpaired) electrons. The Kier molecular flexibility index (Phi) is 5.11. The summed E-state index contributed by atoms with van der Waals surface area (Å²) in [6, 6.07) is 18.8. The molecule has 1 aromatic heterocycles. The van der Waals surface area contributed by atoms with Gasteiger partial charge in [-0.1, -0.05) is 55.0 Å². The molecule has 2 bridgehead atoms. The summed E-state index contributed by atoms with van der Waals surface area (Å²) < 4.78 is 1.86. The minimum atomic E-state index is -0.138. The van der Waals surface area contributed by atoms with Crippen LogP contribution in [-0.2, 0) is 12.8 Å². The lowest BCUT2D eigenvalue weighted by Gasteiger charge is -2.22. The van der Waals surface area contributed by atoms with Gasteiger partial charge in [0.05, 0.1) is 5.69 Å². The average Bonchev–Trinajstić information content (AvgIpc) is 3.49. The summed E-state index contributed by atoms with van der Waals surface area (Å²) in [6.45, 7) is 2.06. The summed E-state index contributed by atoms with van der Waals surface area (Å²) in [5.74, 6) is 2.39. The molecule has 2 aromatic carbocycles. The van der Waals surface area contributed by atoms with Crippen molar-refractivity contribution in [2.24, 2.45) is 11.8 Å². The SMILES string of the molecule is Cc1ccccc1-n1nc(C(=O)N[C@H]2C[C@H]3CC[C@H]2C3)nc1CCc1ccccc1. The molecule has 2 aliphatic carbocycles.